The van der Waals surface area contributed by atoms with Gasteiger partial charge in [0.2, 0.25) is 5.95 Å². The third kappa shape index (κ3) is 5.39. The summed E-state index contributed by atoms with van der Waals surface area (Å²) in [4.78, 5) is 27.9. The zero-order chi connectivity index (χ0) is 22.7. The molecule has 3 heterocycles. The minimum Gasteiger partial charge on any atom is -0.406 e. The minimum absolute atomic E-state index is 0.226. The number of aryl methyl sites for hydroxylation is 1. The van der Waals surface area contributed by atoms with Crippen molar-refractivity contribution < 1.29 is 27.4 Å². The highest BCUT2D eigenvalue weighted by Crippen LogP contribution is 2.24. The van der Waals surface area contributed by atoms with Gasteiger partial charge in [0.1, 0.15) is 11.6 Å². The van der Waals surface area contributed by atoms with Crippen molar-refractivity contribution in [3.8, 4) is 5.75 Å². The van der Waals surface area contributed by atoms with Gasteiger partial charge in [-0.05, 0) is 31.2 Å². The van der Waals surface area contributed by atoms with E-state index in [1.165, 1.54) is 12.1 Å². The van der Waals surface area contributed by atoms with E-state index in [1.54, 1.807) is 4.90 Å². The van der Waals surface area contributed by atoms with Gasteiger partial charge in [0.25, 0.3) is 5.91 Å². The van der Waals surface area contributed by atoms with Crippen LogP contribution in [0.1, 0.15) is 16.1 Å². The molecule has 1 aromatic heterocycles. The van der Waals surface area contributed by atoms with E-state index in [9.17, 15) is 18.0 Å². The van der Waals surface area contributed by atoms with Crippen LogP contribution in [0.15, 0.2) is 30.3 Å². The van der Waals surface area contributed by atoms with E-state index >= 15 is 0 Å². The van der Waals surface area contributed by atoms with Gasteiger partial charge in [-0.3, -0.25) is 4.79 Å². The fraction of sp³-hybridized carbons (Fsp3) is 0.476. The monoisotopic (exact) mass is 451 g/mol. The van der Waals surface area contributed by atoms with E-state index in [0.29, 0.717) is 50.9 Å². The second kappa shape index (κ2) is 9.19. The average molecular weight is 451 g/mol. The lowest BCUT2D eigenvalue weighted by atomic mass is 10.1. The maximum absolute atomic E-state index is 12.8. The lowest BCUT2D eigenvalue weighted by Gasteiger charge is -2.36. The summed E-state index contributed by atoms with van der Waals surface area (Å²) in [5.41, 5.74) is 1.19. The van der Waals surface area contributed by atoms with Gasteiger partial charge in [0.05, 0.1) is 13.2 Å². The molecule has 8 nitrogen and oxygen atoms in total. The SMILES string of the molecule is Cc1cc(N2CCN(C(=O)c3ccc(OC(F)(F)F)cc3)CC2)nc(N2CCOCC2)n1. The lowest BCUT2D eigenvalue weighted by molar-refractivity contribution is -0.274. The Hall–Kier alpha value is -3.08. The van der Waals surface area contributed by atoms with Gasteiger partial charge in [-0.2, -0.15) is 4.98 Å². The van der Waals surface area contributed by atoms with Crippen molar-refractivity contribution in [3.63, 3.8) is 0 Å². The average Bonchev–Trinajstić information content (AvgIpc) is 2.78. The molecule has 172 valence electrons. The van der Waals surface area contributed by atoms with Crippen molar-refractivity contribution in [2.45, 2.75) is 13.3 Å². The van der Waals surface area contributed by atoms with Gasteiger partial charge in [0.15, 0.2) is 0 Å². The lowest BCUT2D eigenvalue weighted by Crippen LogP contribution is -2.49. The first-order valence-corrected chi connectivity index (χ1v) is 10.4. The Morgan fingerprint density at radius 2 is 1.62 bits per heavy atom. The molecule has 0 saturated carbocycles. The number of morpholine rings is 1. The Morgan fingerprint density at radius 1 is 0.969 bits per heavy atom. The first-order chi connectivity index (χ1) is 15.3. The molecule has 1 amide bonds. The van der Waals surface area contributed by atoms with Crippen LogP contribution in [-0.4, -0.2) is 79.6 Å². The van der Waals surface area contributed by atoms with Gasteiger partial charge in [-0.1, -0.05) is 0 Å². The Bertz CT molecular complexity index is 941. The molecule has 2 aromatic rings. The van der Waals surface area contributed by atoms with Crippen LogP contribution in [0.25, 0.3) is 0 Å². The number of alkyl halides is 3. The molecule has 4 rings (SSSR count). The van der Waals surface area contributed by atoms with E-state index < -0.39 is 6.36 Å². The smallest absolute Gasteiger partial charge is 0.406 e. The number of carbonyl (C=O) groups is 1. The second-order valence-electron chi connectivity index (χ2n) is 7.62. The van der Waals surface area contributed by atoms with Crippen molar-refractivity contribution in [2.24, 2.45) is 0 Å². The van der Waals surface area contributed by atoms with E-state index in [2.05, 4.69) is 19.5 Å². The quantitative estimate of drug-likeness (QED) is 0.707. The normalized spacial score (nSPS) is 17.4. The van der Waals surface area contributed by atoms with Crippen LogP contribution in [-0.2, 0) is 4.74 Å². The zero-order valence-electron chi connectivity index (χ0n) is 17.6. The highest BCUT2D eigenvalue weighted by atomic mass is 19.4. The van der Waals surface area contributed by atoms with Crippen LogP contribution in [0.2, 0.25) is 0 Å². The number of amides is 1. The third-order valence-electron chi connectivity index (χ3n) is 5.35. The van der Waals surface area contributed by atoms with Crippen LogP contribution in [0.3, 0.4) is 0 Å². The number of hydrogen-bond donors (Lipinski definition) is 0. The number of rotatable bonds is 4. The number of nitrogens with zero attached hydrogens (tertiary/aromatic N) is 5. The molecule has 0 spiro atoms. The van der Waals surface area contributed by atoms with Crippen molar-refractivity contribution >= 4 is 17.7 Å². The molecule has 2 aliphatic heterocycles. The van der Waals surface area contributed by atoms with Gasteiger partial charge in [0, 0.05) is 56.6 Å². The molecule has 2 aliphatic rings. The number of anilines is 2. The molecule has 0 atom stereocenters. The van der Waals surface area contributed by atoms with Crippen molar-refractivity contribution in [3.05, 3.63) is 41.6 Å². The minimum atomic E-state index is -4.76. The topological polar surface area (TPSA) is 71.0 Å². The van der Waals surface area contributed by atoms with Crippen LogP contribution in [0.5, 0.6) is 5.75 Å². The summed E-state index contributed by atoms with van der Waals surface area (Å²) in [6.45, 7) is 6.88. The van der Waals surface area contributed by atoms with Crippen molar-refractivity contribution in [1.82, 2.24) is 14.9 Å². The first kappa shape index (κ1) is 22.1. The Morgan fingerprint density at radius 3 is 2.25 bits per heavy atom. The summed E-state index contributed by atoms with van der Waals surface area (Å²) in [7, 11) is 0. The molecule has 0 bridgehead atoms. The number of hydrogen-bond acceptors (Lipinski definition) is 7. The summed E-state index contributed by atoms with van der Waals surface area (Å²) in [5.74, 6) is 0.924. The molecule has 1 aromatic carbocycles. The molecule has 0 aliphatic carbocycles. The number of carbonyl (C=O) groups excluding carboxylic acids is 1. The molecule has 0 N–H and O–H groups in total. The van der Waals surface area contributed by atoms with Crippen LogP contribution in [0.4, 0.5) is 24.9 Å². The van der Waals surface area contributed by atoms with E-state index in [1.807, 2.05) is 13.0 Å². The number of halogens is 3. The van der Waals surface area contributed by atoms with Gasteiger partial charge in [-0.25, -0.2) is 4.98 Å². The van der Waals surface area contributed by atoms with Crippen molar-refractivity contribution in [2.75, 3.05) is 62.3 Å². The van der Waals surface area contributed by atoms with E-state index in [-0.39, 0.29) is 11.7 Å². The molecule has 32 heavy (non-hydrogen) atoms. The Kier molecular flexibility index (Phi) is 6.35. The molecule has 11 heteroatoms. The second-order valence-corrected chi connectivity index (χ2v) is 7.62. The fourth-order valence-corrected chi connectivity index (χ4v) is 3.72. The number of benzene rings is 1. The highest BCUT2D eigenvalue weighted by Gasteiger charge is 2.31. The highest BCUT2D eigenvalue weighted by molar-refractivity contribution is 5.94. The number of piperazine rings is 1. The number of aromatic nitrogens is 2. The fourth-order valence-electron chi connectivity index (χ4n) is 3.72. The van der Waals surface area contributed by atoms with E-state index in [4.69, 9.17) is 9.72 Å². The van der Waals surface area contributed by atoms with E-state index in [0.717, 1.165) is 36.7 Å². The van der Waals surface area contributed by atoms with Gasteiger partial charge in [-0.15, -0.1) is 13.2 Å². The molecule has 2 fully saturated rings. The Balaban J connectivity index is 1.38. The maximum Gasteiger partial charge on any atom is 0.573 e. The van der Waals surface area contributed by atoms with Crippen LogP contribution in [0, 0.1) is 6.92 Å². The Labute approximate surface area is 183 Å². The number of ether oxygens (including phenoxy) is 2. The molecule has 0 radical (unpaired) electrons. The zero-order valence-corrected chi connectivity index (χ0v) is 17.6. The molecule has 0 unspecified atom stereocenters. The molecular weight excluding hydrogens is 427 g/mol. The largest absolute Gasteiger partial charge is 0.573 e. The summed E-state index contributed by atoms with van der Waals surface area (Å²) in [5, 5.41) is 0. The van der Waals surface area contributed by atoms with Gasteiger partial charge >= 0.3 is 6.36 Å². The molecule has 2 saturated heterocycles. The summed E-state index contributed by atoms with van der Waals surface area (Å²) in [6, 6.07) is 6.92. The standard InChI is InChI=1S/C21H24F3N5O3/c1-15-14-18(26-20(25-15)29-10-12-31-13-11-29)27-6-8-28(9-7-27)19(30)16-2-4-17(5-3-16)32-21(22,23)24/h2-5,14H,6-13H2,1H3. The first-order valence-electron chi connectivity index (χ1n) is 10.4. The maximum atomic E-state index is 12.8. The summed E-state index contributed by atoms with van der Waals surface area (Å²) >= 11 is 0. The van der Waals surface area contributed by atoms with Gasteiger partial charge < -0.3 is 24.2 Å². The van der Waals surface area contributed by atoms with Crippen LogP contribution >= 0.6 is 0 Å². The summed E-state index contributed by atoms with van der Waals surface area (Å²) < 4.78 is 46.2. The van der Waals surface area contributed by atoms with Crippen LogP contribution < -0.4 is 14.5 Å². The third-order valence-corrected chi connectivity index (χ3v) is 5.35. The summed E-state index contributed by atoms with van der Waals surface area (Å²) in [6.07, 6.45) is -4.76. The van der Waals surface area contributed by atoms with Crippen molar-refractivity contribution in [1.29, 1.82) is 0 Å². The predicted molar refractivity (Wildman–Crippen MR) is 111 cm³/mol. The molecular formula is C21H24F3N5O3. The predicted octanol–water partition coefficient (Wildman–Crippen LogP) is 2.48.